The summed E-state index contributed by atoms with van der Waals surface area (Å²) in [5.41, 5.74) is 9.98. The Morgan fingerprint density at radius 1 is 0.966 bits per heavy atom. The summed E-state index contributed by atoms with van der Waals surface area (Å²) in [6, 6.07) is 23.4. The van der Waals surface area contributed by atoms with Crippen LogP contribution in [0.15, 0.2) is 72.8 Å². The van der Waals surface area contributed by atoms with Crippen molar-refractivity contribution in [2.75, 3.05) is 10.6 Å². The predicted molar refractivity (Wildman–Crippen MR) is 121 cm³/mol. The standard InChI is InChI=1S/C25H25ClN2O/c1-24(2)16-25(3,18-7-5-4-6-8-18)21-14-13-20(27)15-22(21)28(24)23(29)17-9-11-19(26)12-10-17/h4-15H,16,27H2,1-3H3/t25-/m0/s1. The van der Waals surface area contributed by atoms with Crippen molar-refractivity contribution >= 4 is 28.9 Å². The van der Waals surface area contributed by atoms with E-state index < -0.39 is 5.54 Å². The molecule has 0 bridgehead atoms. The van der Waals surface area contributed by atoms with Crippen LogP contribution in [-0.4, -0.2) is 11.4 Å². The molecule has 0 aliphatic carbocycles. The second-order valence-electron chi connectivity index (χ2n) is 8.61. The summed E-state index contributed by atoms with van der Waals surface area (Å²) in [5, 5.41) is 0.612. The number of anilines is 2. The molecule has 3 nitrogen and oxygen atoms in total. The average Bonchev–Trinajstić information content (AvgIpc) is 2.68. The van der Waals surface area contributed by atoms with Crippen molar-refractivity contribution in [3.8, 4) is 0 Å². The molecule has 4 rings (SSSR count). The normalized spacial score (nSPS) is 20.2. The van der Waals surface area contributed by atoms with Crippen LogP contribution in [-0.2, 0) is 5.41 Å². The Morgan fingerprint density at radius 2 is 1.62 bits per heavy atom. The first-order valence-electron chi connectivity index (χ1n) is 9.78. The van der Waals surface area contributed by atoms with Crippen molar-refractivity contribution in [2.24, 2.45) is 0 Å². The molecule has 2 N–H and O–H groups in total. The second-order valence-corrected chi connectivity index (χ2v) is 9.05. The van der Waals surface area contributed by atoms with Crippen molar-refractivity contribution < 1.29 is 4.79 Å². The number of rotatable bonds is 2. The molecule has 0 fully saturated rings. The summed E-state index contributed by atoms with van der Waals surface area (Å²) in [5.74, 6) is -0.0476. The van der Waals surface area contributed by atoms with E-state index in [9.17, 15) is 4.79 Å². The van der Waals surface area contributed by atoms with Crippen molar-refractivity contribution in [1.82, 2.24) is 0 Å². The van der Waals surface area contributed by atoms with E-state index in [0.29, 0.717) is 16.3 Å². The largest absolute Gasteiger partial charge is 0.399 e. The van der Waals surface area contributed by atoms with Crippen molar-refractivity contribution in [2.45, 2.75) is 38.1 Å². The van der Waals surface area contributed by atoms with Crippen LogP contribution >= 0.6 is 11.6 Å². The SMILES string of the molecule is CC1(C)C[C@@](C)(c2ccccc2)c2ccc(N)cc2N1C(=O)c1ccc(Cl)cc1. The van der Waals surface area contributed by atoms with Gasteiger partial charge in [0, 0.05) is 27.2 Å². The van der Waals surface area contributed by atoms with E-state index in [1.807, 2.05) is 23.1 Å². The van der Waals surface area contributed by atoms with Crippen LogP contribution in [0.1, 0.15) is 48.7 Å². The molecule has 3 aromatic carbocycles. The third-order valence-electron chi connectivity index (χ3n) is 5.95. The van der Waals surface area contributed by atoms with Gasteiger partial charge in [0.2, 0.25) is 0 Å². The molecular formula is C25H25ClN2O. The summed E-state index contributed by atoms with van der Waals surface area (Å²) in [6.45, 7) is 6.49. The summed E-state index contributed by atoms with van der Waals surface area (Å²) in [4.78, 5) is 15.5. The number of hydrogen-bond acceptors (Lipinski definition) is 2. The minimum Gasteiger partial charge on any atom is -0.399 e. The van der Waals surface area contributed by atoms with E-state index in [-0.39, 0.29) is 11.3 Å². The molecule has 0 saturated carbocycles. The Kier molecular flexibility index (Phi) is 4.66. The number of halogens is 1. The van der Waals surface area contributed by atoms with Crippen LogP contribution in [0.2, 0.25) is 5.02 Å². The van der Waals surface area contributed by atoms with Crippen LogP contribution in [0, 0.1) is 0 Å². The molecular weight excluding hydrogens is 380 g/mol. The lowest BCUT2D eigenvalue weighted by molar-refractivity contribution is 0.0949. The number of carbonyl (C=O) groups excluding carboxylic acids is 1. The number of nitrogen functional groups attached to an aromatic ring is 1. The summed E-state index contributed by atoms with van der Waals surface area (Å²) >= 11 is 6.02. The molecule has 1 amide bonds. The zero-order valence-electron chi connectivity index (χ0n) is 16.9. The highest BCUT2D eigenvalue weighted by atomic mass is 35.5. The van der Waals surface area contributed by atoms with Gasteiger partial charge in [0.1, 0.15) is 0 Å². The smallest absolute Gasteiger partial charge is 0.258 e. The van der Waals surface area contributed by atoms with Crippen LogP contribution in [0.25, 0.3) is 0 Å². The van der Waals surface area contributed by atoms with Crippen molar-refractivity contribution in [3.63, 3.8) is 0 Å². The van der Waals surface area contributed by atoms with Crippen LogP contribution in [0.5, 0.6) is 0 Å². The Labute approximate surface area is 177 Å². The predicted octanol–water partition coefficient (Wildman–Crippen LogP) is 6.06. The first-order valence-corrected chi connectivity index (χ1v) is 10.2. The molecule has 0 saturated heterocycles. The Balaban J connectivity index is 1.91. The van der Waals surface area contributed by atoms with Crippen LogP contribution in [0.3, 0.4) is 0 Å². The van der Waals surface area contributed by atoms with E-state index >= 15 is 0 Å². The van der Waals surface area contributed by atoms with Gasteiger partial charge in [-0.2, -0.15) is 0 Å². The van der Waals surface area contributed by atoms with Gasteiger partial charge in [0.05, 0.1) is 5.69 Å². The zero-order chi connectivity index (χ0) is 20.8. The monoisotopic (exact) mass is 404 g/mol. The van der Waals surface area contributed by atoms with Crippen molar-refractivity contribution in [1.29, 1.82) is 0 Å². The Hall–Kier alpha value is -2.78. The maximum Gasteiger partial charge on any atom is 0.258 e. The zero-order valence-corrected chi connectivity index (χ0v) is 17.7. The minimum absolute atomic E-state index is 0.0476. The van der Waals surface area contributed by atoms with Crippen molar-refractivity contribution in [3.05, 3.63) is 94.5 Å². The van der Waals surface area contributed by atoms with E-state index in [0.717, 1.165) is 17.7 Å². The van der Waals surface area contributed by atoms with Gasteiger partial charge in [-0.15, -0.1) is 0 Å². The number of amides is 1. The van der Waals surface area contributed by atoms with E-state index in [2.05, 4.69) is 51.1 Å². The molecule has 0 unspecified atom stereocenters. The van der Waals surface area contributed by atoms with Gasteiger partial charge in [-0.3, -0.25) is 4.79 Å². The maximum absolute atomic E-state index is 13.6. The summed E-state index contributed by atoms with van der Waals surface area (Å²) in [7, 11) is 0. The highest BCUT2D eigenvalue weighted by Gasteiger charge is 2.47. The average molecular weight is 405 g/mol. The van der Waals surface area contributed by atoms with Gasteiger partial charge >= 0.3 is 0 Å². The molecule has 3 aromatic rings. The number of fused-ring (bicyclic) bond motifs is 1. The number of nitrogens with two attached hydrogens (primary N) is 1. The molecule has 4 heteroatoms. The highest BCUT2D eigenvalue weighted by Crippen LogP contribution is 2.51. The molecule has 1 aliphatic heterocycles. The lowest BCUT2D eigenvalue weighted by Gasteiger charge is -2.51. The third-order valence-corrected chi connectivity index (χ3v) is 6.21. The highest BCUT2D eigenvalue weighted by molar-refractivity contribution is 6.30. The number of hydrogen-bond donors (Lipinski definition) is 1. The van der Waals surface area contributed by atoms with Gasteiger partial charge in [0.15, 0.2) is 0 Å². The first-order chi connectivity index (χ1) is 13.7. The number of nitrogens with zero attached hydrogens (tertiary/aromatic N) is 1. The van der Waals surface area contributed by atoms with Gasteiger partial charge < -0.3 is 10.6 Å². The topological polar surface area (TPSA) is 46.3 Å². The van der Waals surface area contributed by atoms with E-state index in [4.69, 9.17) is 17.3 Å². The fraction of sp³-hybridized carbons (Fsp3) is 0.240. The first kappa shape index (κ1) is 19.5. The third kappa shape index (κ3) is 3.30. The Bertz CT molecular complexity index is 1060. The van der Waals surface area contributed by atoms with Crippen LogP contribution in [0.4, 0.5) is 11.4 Å². The number of carbonyl (C=O) groups is 1. The van der Waals surface area contributed by atoms with Crippen LogP contribution < -0.4 is 10.6 Å². The molecule has 0 spiro atoms. The van der Waals surface area contributed by atoms with E-state index in [1.165, 1.54) is 5.56 Å². The molecule has 1 aliphatic rings. The molecule has 1 atom stereocenters. The molecule has 0 aromatic heterocycles. The van der Waals surface area contributed by atoms with Gasteiger partial charge in [0.25, 0.3) is 5.91 Å². The summed E-state index contributed by atoms with van der Waals surface area (Å²) in [6.07, 6.45) is 0.792. The maximum atomic E-state index is 13.6. The lowest BCUT2D eigenvalue weighted by atomic mass is 9.65. The molecule has 1 heterocycles. The Morgan fingerprint density at radius 3 is 2.28 bits per heavy atom. The lowest BCUT2D eigenvalue weighted by Crippen LogP contribution is -2.55. The van der Waals surface area contributed by atoms with Gasteiger partial charge in [-0.25, -0.2) is 0 Å². The fourth-order valence-corrected chi connectivity index (χ4v) is 4.86. The molecule has 29 heavy (non-hydrogen) atoms. The molecule has 148 valence electrons. The van der Waals surface area contributed by atoms with Gasteiger partial charge in [-0.05, 0) is 67.8 Å². The fourth-order valence-electron chi connectivity index (χ4n) is 4.74. The van der Waals surface area contributed by atoms with E-state index in [1.54, 1.807) is 24.3 Å². The summed E-state index contributed by atoms with van der Waals surface area (Å²) < 4.78 is 0. The quantitative estimate of drug-likeness (QED) is 0.528. The molecule has 0 radical (unpaired) electrons. The number of benzene rings is 3. The minimum atomic E-state index is -0.415. The van der Waals surface area contributed by atoms with Gasteiger partial charge in [-0.1, -0.05) is 54.9 Å². The second kappa shape index (κ2) is 6.93.